The number of carbonyl (C=O) groups is 2. The van der Waals surface area contributed by atoms with Crippen LogP contribution in [-0.4, -0.2) is 51.6 Å². The molecule has 2 amide bonds. The molecular formula is C26H26N6O3. The predicted molar refractivity (Wildman–Crippen MR) is 130 cm³/mol. The molecule has 0 fully saturated rings. The molecule has 0 saturated carbocycles. The molecule has 1 atom stereocenters. The summed E-state index contributed by atoms with van der Waals surface area (Å²) in [7, 11) is 2.02. The molecule has 2 aliphatic rings. The summed E-state index contributed by atoms with van der Waals surface area (Å²) < 4.78 is 7.21. The number of carbonyl (C=O) groups excluding carboxylic acids is 2. The second kappa shape index (κ2) is 8.26. The minimum atomic E-state index is -0.275. The monoisotopic (exact) mass is 470 g/mol. The van der Waals surface area contributed by atoms with Crippen molar-refractivity contribution in [1.29, 1.82) is 0 Å². The topological polar surface area (TPSA) is 96.5 Å². The molecule has 1 unspecified atom stereocenters. The highest BCUT2D eigenvalue weighted by Gasteiger charge is 2.42. The van der Waals surface area contributed by atoms with Crippen LogP contribution in [0.25, 0.3) is 10.9 Å². The fourth-order valence-corrected chi connectivity index (χ4v) is 5.43. The van der Waals surface area contributed by atoms with E-state index in [0.29, 0.717) is 36.8 Å². The summed E-state index contributed by atoms with van der Waals surface area (Å²) in [5, 5.41) is 7.90. The molecule has 2 aliphatic heterocycles. The summed E-state index contributed by atoms with van der Waals surface area (Å²) in [6, 6.07) is 15.9. The zero-order valence-corrected chi connectivity index (χ0v) is 19.7. The van der Waals surface area contributed by atoms with Crippen molar-refractivity contribution in [1.82, 2.24) is 24.9 Å². The van der Waals surface area contributed by atoms with Gasteiger partial charge >= 0.3 is 0 Å². The molecule has 6 rings (SSSR count). The maximum absolute atomic E-state index is 13.4. The number of anilines is 1. The summed E-state index contributed by atoms with van der Waals surface area (Å²) in [6.07, 6.45) is 0.948. The van der Waals surface area contributed by atoms with Gasteiger partial charge in [0.05, 0.1) is 16.9 Å². The summed E-state index contributed by atoms with van der Waals surface area (Å²) in [5.74, 6) is 1.01. The Bertz CT molecular complexity index is 1450. The van der Waals surface area contributed by atoms with Gasteiger partial charge in [0.15, 0.2) is 5.82 Å². The summed E-state index contributed by atoms with van der Waals surface area (Å²) >= 11 is 0. The van der Waals surface area contributed by atoms with Gasteiger partial charge in [-0.2, -0.15) is 4.98 Å². The lowest BCUT2D eigenvalue weighted by atomic mass is 9.96. The standard InChI is InChI=1S/C26H26N6O3/c1-16-28-23(35-29-16)11-13-27-22(33)15-32-21-10-6-3-7-17(21)18-12-14-31-25(24(18)32)30(2)20-9-5-4-8-19(20)26(31)34/h3-10,25H,11-15H2,1-2H3,(H,27,33). The number of benzene rings is 2. The van der Waals surface area contributed by atoms with E-state index in [-0.39, 0.29) is 24.5 Å². The van der Waals surface area contributed by atoms with Gasteiger partial charge in [0, 0.05) is 37.5 Å². The fourth-order valence-electron chi connectivity index (χ4n) is 5.43. The fraction of sp³-hybridized carbons (Fsp3) is 0.308. The maximum Gasteiger partial charge on any atom is 0.257 e. The van der Waals surface area contributed by atoms with Gasteiger partial charge in [0.25, 0.3) is 5.91 Å². The van der Waals surface area contributed by atoms with Crippen LogP contribution in [0, 0.1) is 6.92 Å². The number of amides is 2. The maximum atomic E-state index is 13.4. The third kappa shape index (κ3) is 3.46. The average molecular weight is 471 g/mol. The number of nitrogens with one attached hydrogen (secondary N) is 1. The molecular weight excluding hydrogens is 444 g/mol. The van der Waals surface area contributed by atoms with Crippen molar-refractivity contribution in [2.24, 2.45) is 0 Å². The number of aryl methyl sites for hydroxylation is 1. The predicted octanol–water partition coefficient (Wildman–Crippen LogP) is 2.84. The van der Waals surface area contributed by atoms with Gasteiger partial charge in [-0.3, -0.25) is 9.59 Å². The molecule has 4 aromatic rings. The molecule has 9 nitrogen and oxygen atoms in total. The molecule has 4 heterocycles. The lowest BCUT2D eigenvalue weighted by molar-refractivity contribution is -0.121. The average Bonchev–Trinajstić information content (AvgIpc) is 3.43. The van der Waals surface area contributed by atoms with Gasteiger partial charge in [-0.1, -0.05) is 35.5 Å². The number of nitrogens with zero attached hydrogens (tertiary/aromatic N) is 5. The molecule has 1 N–H and O–H groups in total. The van der Waals surface area contributed by atoms with Crippen LogP contribution >= 0.6 is 0 Å². The highest BCUT2D eigenvalue weighted by atomic mass is 16.5. The first-order valence-electron chi connectivity index (χ1n) is 11.8. The van der Waals surface area contributed by atoms with Gasteiger partial charge in [-0.25, -0.2) is 0 Å². The molecule has 9 heteroatoms. The molecule has 0 bridgehead atoms. The highest BCUT2D eigenvalue weighted by Crippen LogP contribution is 2.44. The van der Waals surface area contributed by atoms with Crippen molar-refractivity contribution in [3.8, 4) is 0 Å². The number of hydrogen-bond donors (Lipinski definition) is 1. The van der Waals surface area contributed by atoms with E-state index in [1.807, 2.05) is 54.4 Å². The molecule has 0 spiro atoms. The van der Waals surface area contributed by atoms with E-state index in [4.69, 9.17) is 4.52 Å². The number of hydrogen-bond acceptors (Lipinski definition) is 6. The zero-order valence-electron chi connectivity index (χ0n) is 19.7. The van der Waals surface area contributed by atoms with Crippen LogP contribution in [0.15, 0.2) is 53.1 Å². The van der Waals surface area contributed by atoms with Gasteiger partial charge in [-0.15, -0.1) is 0 Å². The number of rotatable bonds is 5. The second-order valence-corrected chi connectivity index (χ2v) is 9.05. The number of fused-ring (bicyclic) bond motifs is 6. The van der Waals surface area contributed by atoms with Gasteiger partial charge in [0.2, 0.25) is 11.8 Å². The Balaban J connectivity index is 1.35. The first-order valence-corrected chi connectivity index (χ1v) is 11.8. The van der Waals surface area contributed by atoms with Crippen molar-refractivity contribution in [2.45, 2.75) is 32.5 Å². The SMILES string of the molecule is Cc1noc(CCNC(=O)Cn2c3c(c4ccccc42)CCN2C(=O)c4ccccc4N(C)C32)n1. The third-order valence-electron chi connectivity index (χ3n) is 6.94. The molecule has 2 aromatic heterocycles. The van der Waals surface area contributed by atoms with E-state index in [9.17, 15) is 9.59 Å². The van der Waals surface area contributed by atoms with Crippen LogP contribution in [0.2, 0.25) is 0 Å². The zero-order chi connectivity index (χ0) is 24.1. The van der Waals surface area contributed by atoms with E-state index in [2.05, 4.69) is 31.0 Å². The van der Waals surface area contributed by atoms with E-state index in [0.717, 1.165) is 28.7 Å². The summed E-state index contributed by atoms with van der Waals surface area (Å²) in [5.41, 5.74) is 4.83. The van der Waals surface area contributed by atoms with Crippen LogP contribution in [0.5, 0.6) is 0 Å². The van der Waals surface area contributed by atoms with Crippen LogP contribution in [0.1, 0.15) is 39.5 Å². The Morgan fingerprint density at radius 1 is 1.17 bits per heavy atom. The normalized spacial score (nSPS) is 16.7. The largest absolute Gasteiger partial charge is 0.354 e. The van der Waals surface area contributed by atoms with E-state index >= 15 is 0 Å². The van der Waals surface area contributed by atoms with Crippen LogP contribution in [0.3, 0.4) is 0 Å². The Kier molecular flexibility index (Phi) is 5.05. The van der Waals surface area contributed by atoms with Gasteiger partial charge < -0.3 is 24.2 Å². The Labute approximate surface area is 202 Å². The molecule has 35 heavy (non-hydrogen) atoms. The van der Waals surface area contributed by atoms with Crippen molar-refractivity contribution in [3.05, 3.63) is 77.1 Å². The summed E-state index contributed by atoms with van der Waals surface area (Å²) in [4.78, 5) is 34.7. The first kappa shape index (κ1) is 21.4. The second-order valence-electron chi connectivity index (χ2n) is 9.05. The quantitative estimate of drug-likeness (QED) is 0.482. The summed E-state index contributed by atoms with van der Waals surface area (Å²) in [6.45, 7) is 2.97. The Morgan fingerprint density at radius 2 is 1.97 bits per heavy atom. The molecule has 178 valence electrons. The third-order valence-corrected chi connectivity index (χ3v) is 6.94. The lowest BCUT2D eigenvalue weighted by Crippen LogP contribution is -2.51. The lowest BCUT2D eigenvalue weighted by Gasteiger charge is -2.46. The first-order chi connectivity index (χ1) is 17.0. The smallest absolute Gasteiger partial charge is 0.257 e. The van der Waals surface area contributed by atoms with E-state index in [1.165, 1.54) is 5.56 Å². The Hall–Kier alpha value is -4.14. The Morgan fingerprint density at radius 3 is 2.80 bits per heavy atom. The molecule has 0 aliphatic carbocycles. The van der Waals surface area contributed by atoms with Crippen LogP contribution in [-0.2, 0) is 24.2 Å². The van der Waals surface area contributed by atoms with Crippen molar-refractivity contribution in [2.75, 3.05) is 25.0 Å². The number of aromatic nitrogens is 3. The van der Waals surface area contributed by atoms with Gasteiger partial charge in [-0.05, 0) is 37.1 Å². The van der Waals surface area contributed by atoms with Crippen molar-refractivity contribution < 1.29 is 14.1 Å². The van der Waals surface area contributed by atoms with Crippen molar-refractivity contribution in [3.63, 3.8) is 0 Å². The minimum absolute atomic E-state index is 0.0328. The van der Waals surface area contributed by atoms with E-state index in [1.54, 1.807) is 6.92 Å². The minimum Gasteiger partial charge on any atom is -0.354 e. The molecule has 0 radical (unpaired) electrons. The van der Waals surface area contributed by atoms with E-state index < -0.39 is 0 Å². The van der Waals surface area contributed by atoms with Crippen LogP contribution < -0.4 is 10.2 Å². The highest BCUT2D eigenvalue weighted by molar-refractivity contribution is 6.02. The van der Waals surface area contributed by atoms with Crippen molar-refractivity contribution >= 4 is 28.4 Å². The van der Waals surface area contributed by atoms with Gasteiger partial charge in [0.1, 0.15) is 12.7 Å². The molecule has 2 aromatic carbocycles. The molecule has 0 saturated heterocycles. The van der Waals surface area contributed by atoms with Crippen LogP contribution in [0.4, 0.5) is 5.69 Å². The number of para-hydroxylation sites is 2.